The summed E-state index contributed by atoms with van der Waals surface area (Å²) in [5, 5.41) is 0. The van der Waals surface area contributed by atoms with Crippen molar-refractivity contribution in [1.82, 2.24) is 0 Å². The molecule has 0 spiro atoms. The SMILES string of the molecule is CC(C)C(=O)[C@H](C(C)C)C1CCC1. The molecule has 0 N–H and O–H groups in total. The zero-order chi connectivity index (χ0) is 10.0. The van der Waals surface area contributed by atoms with Crippen LogP contribution in [0.15, 0.2) is 0 Å². The smallest absolute Gasteiger partial charge is 0.139 e. The lowest BCUT2D eigenvalue weighted by Gasteiger charge is -2.36. The Bertz CT molecular complexity index is 178. The Kier molecular flexibility index (Phi) is 3.52. The molecule has 0 aromatic rings. The third-order valence-electron chi connectivity index (χ3n) is 3.27. The van der Waals surface area contributed by atoms with Crippen molar-refractivity contribution < 1.29 is 4.79 Å². The average Bonchev–Trinajstić information content (AvgIpc) is 1.94. The van der Waals surface area contributed by atoms with Gasteiger partial charge in [0.2, 0.25) is 0 Å². The fourth-order valence-corrected chi connectivity index (χ4v) is 2.29. The molecule has 1 atom stereocenters. The van der Waals surface area contributed by atoms with Crippen LogP contribution in [0.2, 0.25) is 0 Å². The van der Waals surface area contributed by atoms with Crippen LogP contribution in [-0.2, 0) is 4.79 Å². The highest BCUT2D eigenvalue weighted by atomic mass is 16.1. The molecule has 0 bridgehead atoms. The number of hydrogen-bond donors (Lipinski definition) is 0. The van der Waals surface area contributed by atoms with Gasteiger partial charge in [0.25, 0.3) is 0 Å². The number of ketones is 1. The lowest BCUT2D eigenvalue weighted by Crippen LogP contribution is -2.35. The Hall–Kier alpha value is -0.330. The average molecular weight is 182 g/mol. The van der Waals surface area contributed by atoms with Gasteiger partial charge in [-0.25, -0.2) is 0 Å². The molecule has 0 aromatic heterocycles. The molecular weight excluding hydrogens is 160 g/mol. The number of hydrogen-bond acceptors (Lipinski definition) is 1. The topological polar surface area (TPSA) is 17.1 Å². The van der Waals surface area contributed by atoms with E-state index < -0.39 is 0 Å². The Morgan fingerprint density at radius 3 is 1.92 bits per heavy atom. The molecule has 0 amide bonds. The van der Waals surface area contributed by atoms with Gasteiger partial charge in [-0.15, -0.1) is 0 Å². The molecule has 1 heteroatoms. The molecule has 13 heavy (non-hydrogen) atoms. The molecule has 1 saturated carbocycles. The van der Waals surface area contributed by atoms with E-state index in [9.17, 15) is 4.79 Å². The molecule has 0 aliphatic heterocycles. The molecule has 0 unspecified atom stereocenters. The molecule has 0 aromatic carbocycles. The third-order valence-corrected chi connectivity index (χ3v) is 3.27. The molecule has 76 valence electrons. The van der Waals surface area contributed by atoms with Crippen LogP contribution in [-0.4, -0.2) is 5.78 Å². The van der Waals surface area contributed by atoms with Gasteiger partial charge >= 0.3 is 0 Å². The van der Waals surface area contributed by atoms with E-state index >= 15 is 0 Å². The van der Waals surface area contributed by atoms with Gasteiger partial charge < -0.3 is 0 Å². The first-order chi connectivity index (χ1) is 6.04. The summed E-state index contributed by atoms with van der Waals surface area (Å²) in [6, 6.07) is 0. The van der Waals surface area contributed by atoms with Crippen molar-refractivity contribution in [3.8, 4) is 0 Å². The zero-order valence-corrected chi connectivity index (χ0v) is 9.34. The number of carbonyl (C=O) groups is 1. The van der Waals surface area contributed by atoms with Crippen molar-refractivity contribution in [3.05, 3.63) is 0 Å². The highest BCUT2D eigenvalue weighted by Gasteiger charge is 2.35. The standard InChI is InChI=1S/C12H22O/c1-8(2)11(10-6-5-7-10)12(13)9(3)4/h8-11H,5-7H2,1-4H3/t11-/m1/s1. The van der Waals surface area contributed by atoms with Gasteiger partial charge in [0.05, 0.1) is 0 Å². The molecule has 0 radical (unpaired) electrons. The summed E-state index contributed by atoms with van der Waals surface area (Å²) in [4.78, 5) is 11.9. The highest BCUT2D eigenvalue weighted by Crippen LogP contribution is 2.38. The van der Waals surface area contributed by atoms with Gasteiger partial charge in [-0.1, -0.05) is 34.1 Å². The van der Waals surface area contributed by atoms with Gasteiger partial charge in [-0.2, -0.15) is 0 Å². The summed E-state index contributed by atoms with van der Waals surface area (Å²) in [5.74, 6) is 2.27. The van der Waals surface area contributed by atoms with Crippen LogP contribution in [0.25, 0.3) is 0 Å². The van der Waals surface area contributed by atoms with Crippen molar-refractivity contribution in [2.75, 3.05) is 0 Å². The Morgan fingerprint density at radius 2 is 1.69 bits per heavy atom. The molecule has 0 heterocycles. The molecule has 0 saturated heterocycles. The summed E-state index contributed by atoms with van der Waals surface area (Å²) in [6.07, 6.45) is 3.89. The van der Waals surface area contributed by atoms with Crippen LogP contribution in [0.3, 0.4) is 0 Å². The van der Waals surface area contributed by atoms with Crippen LogP contribution in [0.4, 0.5) is 0 Å². The molecule has 1 rings (SSSR count). The lowest BCUT2D eigenvalue weighted by atomic mass is 9.68. The number of carbonyl (C=O) groups excluding carboxylic acids is 1. The van der Waals surface area contributed by atoms with E-state index in [-0.39, 0.29) is 5.92 Å². The van der Waals surface area contributed by atoms with Gasteiger partial charge in [0.1, 0.15) is 5.78 Å². The van der Waals surface area contributed by atoms with E-state index in [1.54, 1.807) is 0 Å². The fourth-order valence-electron chi connectivity index (χ4n) is 2.29. The summed E-state index contributed by atoms with van der Waals surface area (Å²) in [7, 11) is 0. The largest absolute Gasteiger partial charge is 0.299 e. The minimum atomic E-state index is 0.216. The van der Waals surface area contributed by atoms with E-state index in [1.165, 1.54) is 19.3 Å². The van der Waals surface area contributed by atoms with E-state index in [4.69, 9.17) is 0 Å². The van der Waals surface area contributed by atoms with E-state index in [1.807, 2.05) is 13.8 Å². The highest BCUT2D eigenvalue weighted by molar-refractivity contribution is 5.83. The Morgan fingerprint density at radius 1 is 1.15 bits per heavy atom. The molecule has 1 fully saturated rings. The first-order valence-electron chi connectivity index (χ1n) is 5.57. The van der Waals surface area contributed by atoms with Crippen LogP contribution in [0, 0.1) is 23.7 Å². The maximum atomic E-state index is 11.9. The van der Waals surface area contributed by atoms with Gasteiger partial charge in [-0.05, 0) is 24.7 Å². The minimum absolute atomic E-state index is 0.216. The van der Waals surface area contributed by atoms with Gasteiger partial charge in [0, 0.05) is 11.8 Å². The Balaban J connectivity index is 2.61. The van der Waals surface area contributed by atoms with Crippen molar-refractivity contribution in [2.24, 2.45) is 23.7 Å². The normalized spacial score (nSPS) is 20.5. The van der Waals surface area contributed by atoms with Crippen LogP contribution in [0.5, 0.6) is 0 Å². The van der Waals surface area contributed by atoms with Gasteiger partial charge in [0.15, 0.2) is 0 Å². The third kappa shape index (κ3) is 2.32. The van der Waals surface area contributed by atoms with Gasteiger partial charge in [-0.3, -0.25) is 4.79 Å². The lowest BCUT2D eigenvalue weighted by molar-refractivity contribution is -0.130. The fraction of sp³-hybridized carbons (Fsp3) is 0.917. The van der Waals surface area contributed by atoms with Crippen LogP contribution in [0.1, 0.15) is 47.0 Å². The maximum Gasteiger partial charge on any atom is 0.139 e. The summed E-state index contributed by atoms with van der Waals surface area (Å²) in [5.41, 5.74) is 0. The van der Waals surface area contributed by atoms with E-state index in [2.05, 4.69) is 13.8 Å². The summed E-state index contributed by atoms with van der Waals surface area (Å²) >= 11 is 0. The monoisotopic (exact) mass is 182 g/mol. The quantitative estimate of drug-likeness (QED) is 0.652. The number of Topliss-reactive ketones (excluding diaryl/α,β-unsaturated/α-hetero) is 1. The van der Waals surface area contributed by atoms with Crippen LogP contribution < -0.4 is 0 Å². The summed E-state index contributed by atoms with van der Waals surface area (Å²) < 4.78 is 0. The minimum Gasteiger partial charge on any atom is -0.299 e. The molecular formula is C12H22O. The van der Waals surface area contributed by atoms with Crippen molar-refractivity contribution in [3.63, 3.8) is 0 Å². The summed E-state index contributed by atoms with van der Waals surface area (Å²) in [6.45, 7) is 8.42. The zero-order valence-electron chi connectivity index (χ0n) is 9.34. The molecule has 1 nitrogen and oxygen atoms in total. The van der Waals surface area contributed by atoms with Crippen molar-refractivity contribution in [2.45, 2.75) is 47.0 Å². The second-order valence-electron chi connectivity index (χ2n) is 5.02. The second-order valence-corrected chi connectivity index (χ2v) is 5.02. The Labute approximate surface area is 81.9 Å². The maximum absolute atomic E-state index is 11.9. The molecule has 1 aliphatic rings. The second kappa shape index (κ2) is 4.26. The van der Waals surface area contributed by atoms with Crippen LogP contribution >= 0.6 is 0 Å². The van der Waals surface area contributed by atoms with E-state index in [0.29, 0.717) is 23.5 Å². The predicted molar refractivity (Wildman–Crippen MR) is 55.5 cm³/mol. The van der Waals surface area contributed by atoms with Crippen molar-refractivity contribution >= 4 is 5.78 Å². The first kappa shape index (κ1) is 10.7. The predicted octanol–water partition coefficient (Wildman–Crippen LogP) is 3.28. The van der Waals surface area contributed by atoms with Crippen molar-refractivity contribution in [1.29, 1.82) is 0 Å². The van der Waals surface area contributed by atoms with E-state index in [0.717, 1.165) is 0 Å². The first-order valence-corrected chi connectivity index (χ1v) is 5.57. The molecule has 1 aliphatic carbocycles. The number of rotatable bonds is 4.